The van der Waals surface area contributed by atoms with Crippen LogP contribution in [0.3, 0.4) is 0 Å². The molecule has 1 atom stereocenters. The van der Waals surface area contributed by atoms with Crippen molar-refractivity contribution in [1.82, 2.24) is 0 Å². The highest BCUT2D eigenvalue weighted by Gasteiger charge is 2.03. The Bertz CT molecular complexity index is 63.9. The van der Waals surface area contributed by atoms with Crippen LogP contribution < -0.4 is 0 Å². The monoisotopic (exact) mass is 134 g/mol. The van der Waals surface area contributed by atoms with Crippen LogP contribution in [0.4, 0.5) is 4.39 Å². The predicted octanol–water partition coefficient (Wildman–Crippen LogP) is 2.16. The van der Waals surface area contributed by atoms with Crippen molar-refractivity contribution < 1.29 is 9.13 Å². The average molecular weight is 134 g/mol. The normalized spacial score (nSPS) is 14.3. The molecule has 0 aliphatic carbocycles. The molecule has 1 nitrogen and oxygen atoms in total. The van der Waals surface area contributed by atoms with Gasteiger partial charge in [0.2, 0.25) is 0 Å². The molecule has 0 aromatic rings. The van der Waals surface area contributed by atoms with Crippen molar-refractivity contribution in [2.45, 2.75) is 39.5 Å². The Morgan fingerprint density at radius 3 is 2.33 bits per heavy atom. The molecule has 0 amide bonds. The van der Waals surface area contributed by atoms with Gasteiger partial charge in [-0.1, -0.05) is 6.92 Å². The maximum Gasteiger partial charge on any atom is 0.123 e. The number of hydrogen-bond donors (Lipinski definition) is 0. The fraction of sp³-hybridized carbons (Fsp3) is 1.00. The first-order chi connectivity index (χ1) is 4.16. The average Bonchev–Trinajstić information content (AvgIpc) is 1.83. The van der Waals surface area contributed by atoms with E-state index in [4.69, 9.17) is 4.74 Å². The zero-order chi connectivity index (χ0) is 7.28. The van der Waals surface area contributed by atoms with Crippen molar-refractivity contribution >= 4 is 0 Å². The van der Waals surface area contributed by atoms with Crippen LogP contribution in [0.2, 0.25) is 0 Å². The summed E-state index contributed by atoms with van der Waals surface area (Å²) < 4.78 is 17.4. The Hall–Kier alpha value is -0.110. The van der Waals surface area contributed by atoms with Crippen LogP contribution in [-0.4, -0.2) is 18.9 Å². The van der Waals surface area contributed by atoms with Crippen molar-refractivity contribution in [3.63, 3.8) is 0 Å². The molecule has 0 fully saturated rings. The highest BCUT2D eigenvalue weighted by atomic mass is 19.1. The highest BCUT2D eigenvalue weighted by Crippen LogP contribution is 1.98. The summed E-state index contributed by atoms with van der Waals surface area (Å²) in [4.78, 5) is 0. The SMILES string of the molecule is CCC(F)COC(C)C. The van der Waals surface area contributed by atoms with E-state index < -0.39 is 6.17 Å². The molecule has 0 bridgehead atoms. The summed E-state index contributed by atoms with van der Waals surface area (Å²) >= 11 is 0. The zero-order valence-electron chi connectivity index (χ0n) is 6.36. The van der Waals surface area contributed by atoms with Gasteiger partial charge in [0.1, 0.15) is 6.17 Å². The third kappa shape index (κ3) is 5.77. The van der Waals surface area contributed by atoms with Gasteiger partial charge < -0.3 is 4.74 Å². The lowest BCUT2D eigenvalue weighted by atomic mass is 10.3. The van der Waals surface area contributed by atoms with Crippen LogP contribution in [0.5, 0.6) is 0 Å². The number of alkyl halides is 1. The fourth-order valence-corrected chi connectivity index (χ4v) is 0.415. The first kappa shape index (κ1) is 8.89. The molecule has 0 saturated carbocycles. The van der Waals surface area contributed by atoms with Gasteiger partial charge >= 0.3 is 0 Å². The first-order valence-corrected chi connectivity index (χ1v) is 3.42. The molecule has 0 aliphatic rings. The summed E-state index contributed by atoms with van der Waals surface area (Å²) in [6, 6.07) is 0. The van der Waals surface area contributed by atoms with E-state index in [9.17, 15) is 4.39 Å². The molecule has 1 unspecified atom stereocenters. The molecule has 0 radical (unpaired) electrons. The second kappa shape index (κ2) is 4.74. The Balaban J connectivity index is 3.06. The molecule has 0 saturated heterocycles. The van der Waals surface area contributed by atoms with Crippen LogP contribution in [0.1, 0.15) is 27.2 Å². The number of halogens is 1. The van der Waals surface area contributed by atoms with E-state index in [1.54, 1.807) is 0 Å². The largest absolute Gasteiger partial charge is 0.376 e. The van der Waals surface area contributed by atoms with Crippen LogP contribution in [0, 0.1) is 0 Å². The lowest BCUT2D eigenvalue weighted by molar-refractivity contribution is 0.0374. The lowest BCUT2D eigenvalue weighted by Gasteiger charge is -2.08. The van der Waals surface area contributed by atoms with Crippen LogP contribution in [-0.2, 0) is 4.74 Å². The van der Waals surface area contributed by atoms with E-state index >= 15 is 0 Å². The summed E-state index contributed by atoms with van der Waals surface area (Å²) in [5.41, 5.74) is 0. The van der Waals surface area contributed by atoms with Crippen molar-refractivity contribution in [1.29, 1.82) is 0 Å². The second-order valence-electron chi connectivity index (χ2n) is 2.39. The highest BCUT2D eigenvalue weighted by molar-refractivity contribution is 4.50. The third-order valence-corrected chi connectivity index (χ3v) is 1.05. The number of ether oxygens (including phenoxy) is 1. The molecule has 56 valence electrons. The Morgan fingerprint density at radius 1 is 1.44 bits per heavy atom. The molecular formula is C7H15FO. The van der Waals surface area contributed by atoms with Gasteiger partial charge in [0.15, 0.2) is 0 Å². The molecule has 0 heterocycles. The minimum Gasteiger partial charge on any atom is -0.376 e. The lowest BCUT2D eigenvalue weighted by Crippen LogP contribution is -2.13. The topological polar surface area (TPSA) is 9.23 Å². The molecule has 0 aromatic carbocycles. The summed E-state index contributed by atoms with van der Waals surface area (Å²) in [5.74, 6) is 0. The molecule has 9 heavy (non-hydrogen) atoms. The Labute approximate surface area is 56.2 Å². The smallest absolute Gasteiger partial charge is 0.123 e. The Morgan fingerprint density at radius 2 is 2.00 bits per heavy atom. The van der Waals surface area contributed by atoms with Crippen LogP contribution >= 0.6 is 0 Å². The van der Waals surface area contributed by atoms with Crippen molar-refractivity contribution in [2.24, 2.45) is 0 Å². The third-order valence-electron chi connectivity index (χ3n) is 1.05. The van der Waals surface area contributed by atoms with Crippen molar-refractivity contribution in [2.75, 3.05) is 6.61 Å². The quantitative estimate of drug-likeness (QED) is 0.572. The predicted molar refractivity (Wildman–Crippen MR) is 36.3 cm³/mol. The number of rotatable bonds is 4. The maximum absolute atomic E-state index is 12.4. The summed E-state index contributed by atoms with van der Waals surface area (Å²) in [6.45, 7) is 5.87. The van der Waals surface area contributed by atoms with Crippen LogP contribution in [0.25, 0.3) is 0 Å². The van der Waals surface area contributed by atoms with Gasteiger partial charge in [0, 0.05) is 0 Å². The number of hydrogen-bond acceptors (Lipinski definition) is 1. The van der Waals surface area contributed by atoms with Gasteiger partial charge in [-0.2, -0.15) is 0 Å². The summed E-state index contributed by atoms with van der Waals surface area (Å²) in [6.07, 6.45) is -0.0885. The van der Waals surface area contributed by atoms with Gasteiger partial charge in [0.25, 0.3) is 0 Å². The summed E-state index contributed by atoms with van der Waals surface area (Å²) in [5, 5.41) is 0. The van der Waals surface area contributed by atoms with Gasteiger partial charge in [0.05, 0.1) is 12.7 Å². The van der Waals surface area contributed by atoms with E-state index in [0.717, 1.165) is 0 Å². The standard InChI is InChI=1S/C7H15FO/c1-4-7(8)5-9-6(2)3/h6-7H,4-5H2,1-3H3. The zero-order valence-corrected chi connectivity index (χ0v) is 6.36. The molecular weight excluding hydrogens is 119 g/mol. The van der Waals surface area contributed by atoms with Gasteiger partial charge in [-0.15, -0.1) is 0 Å². The van der Waals surface area contributed by atoms with Crippen molar-refractivity contribution in [3.05, 3.63) is 0 Å². The fourth-order valence-electron chi connectivity index (χ4n) is 0.415. The Kier molecular flexibility index (Phi) is 4.68. The molecule has 2 heteroatoms. The molecule has 0 aromatic heterocycles. The van der Waals surface area contributed by atoms with Gasteiger partial charge in [-0.3, -0.25) is 0 Å². The first-order valence-electron chi connectivity index (χ1n) is 3.42. The van der Waals surface area contributed by atoms with E-state index in [1.807, 2.05) is 20.8 Å². The van der Waals surface area contributed by atoms with Crippen molar-refractivity contribution in [3.8, 4) is 0 Å². The minimum absolute atomic E-state index is 0.148. The van der Waals surface area contributed by atoms with E-state index in [2.05, 4.69) is 0 Å². The van der Waals surface area contributed by atoms with E-state index in [-0.39, 0.29) is 12.7 Å². The minimum atomic E-state index is -0.785. The van der Waals surface area contributed by atoms with Crippen LogP contribution in [0.15, 0.2) is 0 Å². The maximum atomic E-state index is 12.4. The molecule has 0 N–H and O–H groups in total. The molecule has 0 aliphatic heterocycles. The molecule has 0 spiro atoms. The van der Waals surface area contributed by atoms with E-state index in [0.29, 0.717) is 6.42 Å². The van der Waals surface area contributed by atoms with Gasteiger partial charge in [-0.25, -0.2) is 4.39 Å². The summed E-state index contributed by atoms with van der Waals surface area (Å²) in [7, 11) is 0. The van der Waals surface area contributed by atoms with Gasteiger partial charge in [-0.05, 0) is 20.3 Å². The second-order valence-corrected chi connectivity index (χ2v) is 2.39. The molecule has 0 rings (SSSR count). The van der Waals surface area contributed by atoms with E-state index in [1.165, 1.54) is 0 Å².